The number of para-hydroxylation sites is 1. The van der Waals surface area contributed by atoms with Crippen molar-refractivity contribution in [3.05, 3.63) is 65.6 Å². The highest BCUT2D eigenvalue weighted by atomic mass is 19.1. The van der Waals surface area contributed by atoms with Gasteiger partial charge in [0.25, 0.3) is 0 Å². The van der Waals surface area contributed by atoms with E-state index in [-0.39, 0.29) is 18.1 Å². The molecule has 0 saturated carbocycles. The molecule has 22 heavy (non-hydrogen) atoms. The van der Waals surface area contributed by atoms with E-state index in [2.05, 4.69) is 10.5 Å². The van der Waals surface area contributed by atoms with Crippen LogP contribution in [0.1, 0.15) is 11.3 Å². The normalized spacial score (nSPS) is 10.8. The Morgan fingerprint density at radius 1 is 1.14 bits per heavy atom. The van der Waals surface area contributed by atoms with Gasteiger partial charge in [-0.3, -0.25) is 4.79 Å². The molecule has 0 atom stereocenters. The molecule has 1 amide bonds. The molecule has 3 rings (SSSR count). The van der Waals surface area contributed by atoms with Gasteiger partial charge >= 0.3 is 0 Å². The van der Waals surface area contributed by atoms with Gasteiger partial charge in [0.05, 0.1) is 6.42 Å². The zero-order chi connectivity index (χ0) is 15.4. The van der Waals surface area contributed by atoms with Crippen molar-refractivity contribution in [1.82, 2.24) is 10.5 Å². The van der Waals surface area contributed by atoms with Crippen LogP contribution in [0.4, 0.5) is 4.39 Å². The molecular formula is C17H15FN2O2. The number of hydrogen-bond donors (Lipinski definition) is 1. The minimum Gasteiger partial charge on any atom is -0.356 e. The highest BCUT2D eigenvalue weighted by Crippen LogP contribution is 2.17. The van der Waals surface area contributed by atoms with Crippen LogP contribution in [-0.2, 0) is 17.6 Å². The number of benzene rings is 2. The van der Waals surface area contributed by atoms with Crippen LogP contribution in [0.5, 0.6) is 0 Å². The number of rotatable bonds is 5. The summed E-state index contributed by atoms with van der Waals surface area (Å²) in [6.07, 6.45) is 0.603. The fourth-order valence-corrected chi connectivity index (χ4v) is 2.32. The van der Waals surface area contributed by atoms with Crippen molar-refractivity contribution in [3.63, 3.8) is 0 Å². The fourth-order valence-electron chi connectivity index (χ4n) is 2.32. The molecule has 0 aliphatic rings. The van der Waals surface area contributed by atoms with Gasteiger partial charge in [0, 0.05) is 11.9 Å². The monoisotopic (exact) mass is 298 g/mol. The summed E-state index contributed by atoms with van der Waals surface area (Å²) in [7, 11) is 0. The number of halogens is 1. The molecule has 0 fully saturated rings. The van der Waals surface area contributed by atoms with Crippen LogP contribution in [0.15, 0.2) is 53.1 Å². The Bertz CT molecular complexity index is 798. The first-order valence-electron chi connectivity index (χ1n) is 7.07. The van der Waals surface area contributed by atoms with Gasteiger partial charge in [-0.2, -0.15) is 0 Å². The zero-order valence-corrected chi connectivity index (χ0v) is 11.9. The van der Waals surface area contributed by atoms with E-state index in [4.69, 9.17) is 4.52 Å². The van der Waals surface area contributed by atoms with Crippen molar-refractivity contribution in [2.75, 3.05) is 6.54 Å². The van der Waals surface area contributed by atoms with Crippen LogP contribution in [0, 0.1) is 5.82 Å². The summed E-state index contributed by atoms with van der Waals surface area (Å²) in [5.74, 6) is -0.408. The minimum absolute atomic E-state index is 0.147. The number of nitrogens with zero attached hydrogens (tertiary/aromatic N) is 1. The van der Waals surface area contributed by atoms with Gasteiger partial charge in [0.2, 0.25) is 5.91 Å². The molecule has 0 spiro atoms. The number of aromatic nitrogens is 1. The van der Waals surface area contributed by atoms with E-state index in [0.29, 0.717) is 29.8 Å². The molecule has 4 nitrogen and oxygen atoms in total. The van der Waals surface area contributed by atoms with Gasteiger partial charge in [-0.15, -0.1) is 0 Å². The summed E-state index contributed by atoms with van der Waals surface area (Å²) in [5, 5.41) is 7.53. The fraction of sp³-hybridized carbons (Fsp3) is 0.176. The second kappa shape index (κ2) is 6.39. The Morgan fingerprint density at radius 2 is 1.91 bits per heavy atom. The SMILES string of the molecule is O=C(Cc1noc2ccccc12)NCCc1ccccc1F. The molecule has 0 unspecified atom stereocenters. The lowest BCUT2D eigenvalue weighted by Gasteiger charge is -2.05. The van der Waals surface area contributed by atoms with Gasteiger partial charge in [-0.1, -0.05) is 35.5 Å². The van der Waals surface area contributed by atoms with Crippen LogP contribution in [0.2, 0.25) is 0 Å². The quantitative estimate of drug-likeness (QED) is 0.788. The lowest BCUT2D eigenvalue weighted by molar-refractivity contribution is -0.120. The molecule has 2 aromatic carbocycles. The molecule has 0 saturated heterocycles. The van der Waals surface area contributed by atoms with E-state index in [1.807, 2.05) is 24.3 Å². The zero-order valence-electron chi connectivity index (χ0n) is 11.9. The predicted octanol–water partition coefficient (Wildman–Crippen LogP) is 2.87. The maximum absolute atomic E-state index is 13.5. The van der Waals surface area contributed by atoms with E-state index in [1.54, 1.807) is 18.2 Å². The Balaban J connectivity index is 1.56. The third-order valence-corrected chi connectivity index (χ3v) is 3.45. The molecule has 0 radical (unpaired) electrons. The van der Waals surface area contributed by atoms with Crippen LogP contribution in [-0.4, -0.2) is 17.6 Å². The second-order valence-corrected chi connectivity index (χ2v) is 4.99. The lowest BCUT2D eigenvalue weighted by Crippen LogP contribution is -2.27. The van der Waals surface area contributed by atoms with Crippen molar-refractivity contribution < 1.29 is 13.7 Å². The molecule has 5 heteroatoms. The van der Waals surface area contributed by atoms with Crippen molar-refractivity contribution in [2.24, 2.45) is 0 Å². The Labute approximate surface area is 126 Å². The van der Waals surface area contributed by atoms with Gasteiger partial charge < -0.3 is 9.84 Å². The standard InChI is InChI=1S/C17H15FN2O2/c18-14-7-3-1-5-12(14)9-10-19-17(21)11-15-13-6-2-4-8-16(13)22-20-15/h1-8H,9-11H2,(H,19,21). The number of carbonyl (C=O) groups is 1. The summed E-state index contributed by atoms with van der Waals surface area (Å²) in [4.78, 5) is 11.9. The van der Waals surface area contributed by atoms with E-state index < -0.39 is 0 Å². The lowest BCUT2D eigenvalue weighted by atomic mass is 10.1. The number of nitrogens with one attached hydrogen (secondary N) is 1. The first-order valence-corrected chi connectivity index (χ1v) is 7.07. The molecular weight excluding hydrogens is 283 g/mol. The van der Waals surface area contributed by atoms with Crippen molar-refractivity contribution in [2.45, 2.75) is 12.8 Å². The maximum atomic E-state index is 13.5. The average Bonchev–Trinajstić information content (AvgIpc) is 2.92. The Morgan fingerprint density at radius 3 is 2.77 bits per heavy atom. The molecule has 3 aromatic rings. The van der Waals surface area contributed by atoms with E-state index in [9.17, 15) is 9.18 Å². The molecule has 0 bridgehead atoms. The minimum atomic E-state index is -0.251. The largest absolute Gasteiger partial charge is 0.356 e. The maximum Gasteiger partial charge on any atom is 0.226 e. The summed E-state index contributed by atoms with van der Waals surface area (Å²) < 4.78 is 18.6. The molecule has 1 heterocycles. The van der Waals surface area contributed by atoms with Gasteiger partial charge in [0.1, 0.15) is 11.5 Å². The van der Waals surface area contributed by atoms with Crippen molar-refractivity contribution >= 4 is 16.9 Å². The van der Waals surface area contributed by atoms with Crippen LogP contribution in [0.25, 0.3) is 11.0 Å². The molecule has 112 valence electrons. The first-order chi connectivity index (χ1) is 10.7. The first kappa shape index (κ1) is 14.3. The molecule has 0 aliphatic heterocycles. The molecule has 1 aromatic heterocycles. The summed E-state index contributed by atoms with van der Waals surface area (Å²) in [6.45, 7) is 0.384. The third kappa shape index (κ3) is 3.14. The smallest absolute Gasteiger partial charge is 0.226 e. The van der Waals surface area contributed by atoms with Crippen LogP contribution < -0.4 is 5.32 Å². The number of hydrogen-bond acceptors (Lipinski definition) is 3. The number of carbonyl (C=O) groups excluding carboxylic acids is 1. The third-order valence-electron chi connectivity index (χ3n) is 3.45. The van der Waals surface area contributed by atoms with Crippen molar-refractivity contribution in [3.8, 4) is 0 Å². The number of fused-ring (bicyclic) bond motifs is 1. The summed E-state index contributed by atoms with van der Waals surface area (Å²) >= 11 is 0. The summed E-state index contributed by atoms with van der Waals surface area (Å²) in [6, 6.07) is 14.0. The second-order valence-electron chi connectivity index (χ2n) is 4.99. The molecule has 1 N–H and O–H groups in total. The Hall–Kier alpha value is -2.69. The van der Waals surface area contributed by atoms with E-state index in [1.165, 1.54) is 6.07 Å². The predicted molar refractivity (Wildman–Crippen MR) is 80.8 cm³/mol. The number of amides is 1. The molecule has 0 aliphatic carbocycles. The van der Waals surface area contributed by atoms with Gasteiger partial charge in [-0.05, 0) is 30.2 Å². The van der Waals surface area contributed by atoms with Gasteiger partial charge in [0.15, 0.2) is 5.58 Å². The highest BCUT2D eigenvalue weighted by Gasteiger charge is 2.11. The Kier molecular flexibility index (Phi) is 4.14. The summed E-state index contributed by atoms with van der Waals surface area (Å²) in [5.41, 5.74) is 1.87. The van der Waals surface area contributed by atoms with Gasteiger partial charge in [-0.25, -0.2) is 4.39 Å². The van der Waals surface area contributed by atoms with Crippen LogP contribution >= 0.6 is 0 Å². The van der Waals surface area contributed by atoms with Crippen LogP contribution in [0.3, 0.4) is 0 Å². The van der Waals surface area contributed by atoms with Crippen molar-refractivity contribution in [1.29, 1.82) is 0 Å². The van der Waals surface area contributed by atoms with E-state index in [0.717, 1.165) is 5.39 Å². The average molecular weight is 298 g/mol. The highest BCUT2D eigenvalue weighted by molar-refractivity contribution is 5.86. The van der Waals surface area contributed by atoms with E-state index >= 15 is 0 Å². The topological polar surface area (TPSA) is 55.1 Å².